The highest BCUT2D eigenvalue weighted by Gasteiger charge is 2.10. The summed E-state index contributed by atoms with van der Waals surface area (Å²) in [5.74, 6) is 0.734. The van der Waals surface area contributed by atoms with E-state index in [1.54, 1.807) is 18.2 Å². The maximum atomic E-state index is 6.00. The van der Waals surface area contributed by atoms with Gasteiger partial charge in [-0.3, -0.25) is 0 Å². The number of anilines is 1. The number of hydrogen-bond donors (Lipinski definition) is 1. The number of nitrogens with zero attached hydrogens (tertiary/aromatic N) is 4. The molecule has 0 amide bonds. The first kappa shape index (κ1) is 11.6. The van der Waals surface area contributed by atoms with Crippen molar-refractivity contribution in [2.24, 2.45) is 24.3 Å². The van der Waals surface area contributed by atoms with Gasteiger partial charge in [-0.05, 0) is 18.2 Å². The van der Waals surface area contributed by atoms with Crippen molar-refractivity contribution in [3.05, 3.63) is 35.6 Å². The first-order valence-electron chi connectivity index (χ1n) is 5.05. The Kier molecular flexibility index (Phi) is 3.10. The number of halogens is 1. The molecular weight excluding hydrogens is 238 g/mol. The number of hydrogen-bond acceptors (Lipinski definition) is 3. The summed E-state index contributed by atoms with van der Waals surface area (Å²) in [6, 6.07) is 5.14. The van der Waals surface area contributed by atoms with Gasteiger partial charge in [-0.1, -0.05) is 16.7 Å². The average molecular weight is 251 g/mol. The van der Waals surface area contributed by atoms with Crippen molar-refractivity contribution >= 4 is 28.9 Å². The number of imidazole rings is 1. The third-order valence-electron chi connectivity index (χ3n) is 2.36. The van der Waals surface area contributed by atoms with Crippen molar-refractivity contribution in [3.63, 3.8) is 0 Å². The fraction of sp³-hybridized carbons (Fsp3) is 0.182. The van der Waals surface area contributed by atoms with E-state index in [1.165, 1.54) is 0 Å². The molecule has 1 aromatic carbocycles. The van der Waals surface area contributed by atoms with Crippen LogP contribution in [-0.2, 0) is 14.1 Å². The highest BCUT2D eigenvalue weighted by Crippen LogP contribution is 2.27. The third-order valence-corrected chi connectivity index (χ3v) is 2.67. The lowest BCUT2D eigenvalue weighted by atomic mass is 10.3. The summed E-state index contributed by atoms with van der Waals surface area (Å²) < 4.78 is 3.74. The van der Waals surface area contributed by atoms with Crippen LogP contribution in [0.2, 0.25) is 5.02 Å². The van der Waals surface area contributed by atoms with Gasteiger partial charge in [0.05, 0.1) is 31.5 Å². The zero-order chi connectivity index (χ0) is 12.4. The minimum Gasteiger partial charge on any atom is -0.399 e. The van der Waals surface area contributed by atoms with E-state index in [2.05, 4.69) is 10.2 Å². The molecule has 0 saturated heterocycles. The summed E-state index contributed by atoms with van der Waals surface area (Å²) in [5, 5.41) is 8.75. The molecule has 0 atom stereocenters. The number of aryl methyl sites for hydroxylation is 2. The molecule has 0 fully saturated rings. The number of aromatic nitrogens is 2. The standard InChI is InChI=1S/C11H12ClN5/c1-16-5-6-17(2)11(16)15-14-10-4-3-8(13)7-9(10)12/h3-7,13H,1-2H3/p+1. The Hall–Kier alpha value is -1.88. The maximum absolute atomic E-state index is 6.00. The summed E-state index contributed by atoms with van der Waals surface area (Å²) in [6.45, 7) is 0. The summed E-state index contributed by atoms with van der Waals surface area (Å²) in [4.78, 5) is 0. The van der Waals surface area contributed by atoms with Gasteiger partial charge in [0.25, 0.3) is 0 Å². The van der Waals surface area contributed by atoms with Gasteiger partial charge in [0.1, 0.15) is 5.69 Å². The van der Waals surface area contributed by atoms with Crippen molar-refractivity contribution in [2.75, 3.05) is 5.73 Å². The van der Waals surface area contributed by atoms with Gasteiger partial charge in [0.2, 0.25) is 0 Å². The zero-order valence-electron chi connectivity index (χ0n) is 9.63. The van der Waals surface area contributed by atoms with Gasteiger partial charge < -0.3 is 5.73 Å². The molecule has 0 radical (unpaired) electrons. The first-order valence-corrected chi connectivity index (χ1v) is 5.43. The molecular formula is C11H13ClN5+. The topological polar surface area (TPSA) is 59.5 Å². The van der Waals surface area contributed by atoms with E-state index in [-0.39, 0.29) is 0 Å². The second-order valence-corrected chi connectivity index (χ2v) is 4.14. The van der Waals surface area contributed by atoms with Crippen LogP contribution in [0.1, 0.15) is 0 Å². The third kappa shape index (κ3) is 2.45. The predicted octanol–water partition coefficient (Wildman–Crippen LogP) is 2.50. The molecule has 88 valence electrons. The van der Waals surface area contributed by atoms with E-state index in [0.717, 1.165) is 5.95 Å². The Morgan fingerprint density at radius 2 is 2.12 bits per heavy atom. The van der Waals surface area contributed by atoms with Crippen molar-refractivity contribution in [2.45, 2.75) is 0 Å². The summed E-state index contributed by atoms with van der Waals surface area (Å²) in [6.07, 6.45) is 3.80. The molecule has 1 heterocycles. The SMILES string of the molecule is Cn1cc[n+](C)c1N=Nc1ccc(N)cc1Cl. The number of rotatable bonds is 2. The van der Waals surface area contributed by atoms with Crippen LogP contribution in [0.4, 0.5) is 17.3 Å². The van der Waals surface area contributed by atoms with E-state index < -0.39 is 0 Å². The normalized spacial score (nSPS) is 11.2. The summed E-state index contributed by atoms with van der Waals surface area (Å²) in [7, 11) is 3.80. The first-order chi connectivity index (χ1) is 8.08. The Bertz CT molecular complexity index is 554. The molecule has 0 saturated carbocycles. The van der Waals surface area contributed by atoms with Crippen LogP contribution >= 0.6 is 11.6 Å². The Morgan fingerprint density at radius 1 is 1.35 bits per heavy atom. The molecule has 0 aliphatic rings. The molecule has 0 aliphatic carbocycles. The molecule has 6 heteroatoms. The molecule has 2 rings (SSSR count). The van der Waals surface area contributed by atoms with Crippen molar-refractivity contribution in [3.8, 4) is 0 Å². The van der Waals surface area contributed by atoms with Crippen molar-refractivity contribution in [1.82, 2.24) is 4.57 Å². The van der Waals surface area contributed by atoms with Crippen LogP contribution in [0.15, 0.2) is 40.8 Å². The molecule has 17 heavy (non-hydrogen) atoms. The molecule has 1 aromatic heterocycles. The highest BCUT2D eigenvalue weighted by atomic mass is 35.5. The largest absolute Gasteiger partial charge is 0.421 e. The monoisotopic (exact) mass is 250 g/mol. The predicted molar refractivity (Wildman–Crippen MR) is 66.6 cm³/mol. The molecule has 0 aliphatic heterocycles. The maximum Gasteiger partial charge on any atom is 0.421 e. The van der Waals surface area contributed by atoms with Crippen LogP contribution in [0, 0.1) is 0 Å². The van der Waals surface area contributed by atoms with E-state index in [1.807, 2.05) is 35.6 Å². The van der Waals surface area contributed by atoms with Gasteiger partial charge >= 0.3 is 5.95 Å². The molecule has 0 spiro atoms. The fourth-order valence-electron chi connectivity index (χ4n) is 1.43. The van der Waals surface area contributed by atoms with Gasteiger partial charge in [-0.15, -0.1) is 0 Å². The van der Waals surface area contributed by atoms with Gasteiger partial charge in [-0.25, -0.2) is 9.13 Å². The minimum atomic E-state index is 0.491. The van der Waals surface area contributed by atoms with Gasteiger partial charge in [-0.2, -0.15) is 0 Å². The number of azo groups is 1. The average Bonchev–Trinajstić information content (AvgIpc) is 2.58. The van der Waals surface area contributed by atoms with E-state index in [9.17, 15) is 0 Å². The second-order valence-electron chi connectivity index (χ2n) is 3.73. The lowest BCUT2D eigenvalue weighted by Crippen LogP contribution is -2.25. The zero-order valence-corrected chi connectivity index (χ0v) is 10.4. The lowest BCUT2D eigenvalue weighted by Gasteiger charge is -1.96. The molecule has 0 unspecified atom stereocenters. The Labute approximate surface area is 104 Å². The molecule has 5 nitrogen and oxygen atoms in total. The minimum absolute atomic E-state index is 0.491. The van der Waals surface area contributed by atoms with Gasteiger partial charge in [0.15, 0.2) is 0 Å². The Morgan fingerprint density at radius 3 is 2.71 bits per heavy atom. The van der Waals surface area contributed by atoms with Crippen LogP contribution in [0.25, 0.3) is 0 Å². The van der Waals surface area contributed by atoms with Gasteiger partial charge in [0, 0.05) is 10.8 Å². The van der Waals surface area contributed by atoms with Crippen molar-refractivity contribution < 1.29 is 4.57 Å². The van der Waals surface area contributed by atoms with E-state index >= 15 is 0 Å². The molecule has 2 aromatic rings. The number of nitrogen functional groups attached to an aromatic ring is 1. The summed E-state index contributed by atoms with van der Waals surface area (Å²) >= 11 is 6.00. The smallest absolute Gasteiger partial charge is 0.399 e. The highest BCUT2D eigenvalue weighted by molar-refractivity contribution is 6.33. The van der Waals surface area contributed by atoms with Crippen LogP contribution in [-0.4, -0.2) is 4.57 Å². The summed E-state index contributed by atoms with van der Waals surface area (Å²) in [5.41, 5.74) is 6.81. The van der Waals surface area contributed by atoms with Crippen LogP contribution in [0.3, 0.4) is 0 Å². The molecule has 0 bridgehead atoms. The number of nitrogens with two attached hydrogens (primary N) is 1. The van der Waals surface area contributed by atoms with Crippen LogP contribution < -0.4 is 10.3 Å². The number of benzene rings is 1. The van der Waals surface area contributed by atoms with E-state index in [0.29, 0.717) is 16.4 Å². The molecule has 2 N–H and O–H groups in total. The van der Waals surface area contributed by atoms with Crippen molar-refractivity contribution in [1.29, 1.82) is 0 Å². The second kappa shape index (κ2) is 4.55. The fourth-order valence-corrected chi connectivity index (χ4v) is 1.65. The van der Waals surface area contributed by atoms with Crippen LogP contribution in [0.5, 0.6) is 0 Å². The quantitative estimate of drug-likeness (QED) is 0.497. The van der Waals surface area contributed by atoms with E-state index in [4.69, 9.17) is 17.3 Å². The lowest BCUT2D eigenvalue weighted by molar-refractivity contribution is -0.657. The Balaban J connectivity index is 2.32.